The first kappa shape index (κ1) is 25.1. The molecule has 0 saturated carbocycles. The third-order valence-corrected chi connectivity index (χ3v) is 7.37. The second kappa shape index (κ2) is 11.0. The van der Waals surface area contributed by atoms with Gasteiger partial charge in [0, 0.05) is 11.6 Å². The Morgan fingerprint density at radius 2 is 1.76 bits per heavy atom. The zero-order chi connectivity index (χ0) is 24.0. The molecule has 6 nitrogen and oxygen atoms in total. The first-order valence-electron chi connectivity index (χ1n) is 10.1. The van der Waals surface area contributed by atoms with Gasteiger partial charge in [-0.2, -0.15) is 4.31 Å². The third-order valence-electron chi connectivity index (χ3n) is 4.95. The Labute approximate surface area is 204 Å². The SMILES string of the molecule is COc1ccc(C)cc1S(=O)(=O)N(CCc1ccccc1)CC(=O)Nc1ccc(Cl)cc1Cl. The maximum absolute atomic E-state index is 13.6. The first-order valence-corrected chi connectivity index (χ1v) is 12.3. The number of benzene rings is 3. The van der Waals surface area contributed by atoms with Crippen LogP contribution < -0.4 is 10.1 Å². The lowest BCUT2D eigenvalue weighted by molar-refractivity contribution is -0.116. The van der Waals surface area contributed by atoms with E-state index < -0.39 is 22.5 Å². The molecule has 0 spiro atoms. The largest absolute Gasteiger partial charge is 0.495 e. The number of carbonyl (C=O) groups excluding carboxylic acids is 1. The Morgan fingerprint density at radius 1 is 1.03 bits per heavy atom. The van der Waals surface area contributed by atoms with Crippen LogP contribution in [0.4, 0.5) is 5.69 Å². The Balaban J connectivity index is 1.90. The van der Waals surface area contributed by atoms with E-state index in [-0.39, 0.29) is 22.2 Å². The molecule has 0 saturated heterocycles. The standard InChI is InChI=1S/C24H24Cl2N2O4S/c1-17-8-11-22(32-2)23(14-17)33(30,31)28(13-12-18-6-4-3-5-7-18)16-24(29)27-21-10-9-19(25)15-20(21)26/h3-11,14-15H,12-13,16H2,1-2H3,(H,27,29). The van der Waals surface area contributed by atoms with Gasteiger partial charge >= 0.3 is 0 Å². The highest BCUT2D eigenvalue weighted by atomic mass is 35.5. The van der Waals surface area contributed by atoms with Gasteiger partial charge in [0.1, 0.15) is 10.6 Å². The van der Waals surface area contributed by atoms with Crippen LogP contribution in [0.25, 0.3) is 0 Å². The minimum Gasteiger partial charge on any atom is -0.495 e. The third kappa shape index (κ3) is 6.48. The molecule has 3 aromatic carbocycles. The molecule has 0 heterocycles. The van der Waals surface area contributed by atoms with Crippen molar-refractivity contribution >= 4 is 44.8 Å². The zero-order valence-electron chi connectivity index (χ0n) is 18.2. The molecule has 0 fully saturated rings. The van der Waals surface area contributed by atoms with E-state index >= 15 is 0 Å². The van der Waals surface area contributed by atoms with E-state index in [0.29, 0.717) is 17.1 Å². The second-order valence-electron chi connectivity index (χ2n) is 7.40. The molecule has 0 aliphatic rings. The van der Waals surface area contributed by atoms with Gasteiger partial charge in [-0.1, -0.05) is 59.6 Å². The van der Waals surface area contributed by atoms with Gasteiger partial charge in [-0.05, 0) is 54.8 Å². The maximum atomic E-state index is 13.6. The fraction of sp³-hybridized carbons (Fsp3) is 0.208. The van der Waals surface area contributed by atoms with Crippen molar-refractivity contribution in [2.75, 3.05) is 25.5 Å². The summed E-state index contributed by atoms with van der Waals surface area (Å²) in [6.45, 7) is 1.50. The number of halogens is 2. The number of amides is 1. The number of hydrogen-bond acceptors (Lipinski definition) is 4. The van der Waals surface area contributed by atoms with Crippen LogP contribution in [0.5, 0.6) is 5.75 Å². The number of hydrogen-bond donors (Lipinski definition) is 1. The molecule has 3 aromatic rings. The minimum absolute atomic E-state index is 0.00962. The Kier molecular flexibility index (Phi) is 8.37. The molecule has 174 valence electrons. The molecule has 1 N–H and O–H groups in total. The highest BCUT2D eigenvalue weighted by Gasteiger charge is 2.29. The number of methoxy groups -OCH3 is 1. The van der Waals surface area contributed by atoms with Crippen LogP contribution in [-0.2, 0) is 21.2 Å². The summed E-state index contributed by atoms with van der Waals surface area (Å²) in [6.07, 6.45) is 0.434. The molecule has 1 amide bonds. The van der Waals surface area contributed by atoms with Crippen molar-refractivity contribution in [3.63, 3.8) is 0 Å². The summed E-state index contributed by atoms with van der Waals surface area (Å²) >= 11 is 12.1. The highest BCUT2D eigenvalue weighted by molar-refractivity contribution is 7.89. The van der Waals surface area contributed by atoms with Crippen molar-refractivity contribution in [3.8, 4) is 5.75 Å². The van der Waals surface area contributed by atoms with E-state index in [1.165, 1.54) is 19.2 Å². The number of nitrogens with one attached hydrogen (secondary N) is 1. The summed E-state index contributed by atoms with van der Waals surface area (Å²) in [5.74, 6) is -0.311. The molecule has 3 rings (SSSR count). The van der Waals surface area contributed by atoms with E-state index in [1.54, 1.807) is 31.2 Å². The van der Waals surface area contributed by atoms with Gasteiger partial charge in [-0.3, -0.25) is 4.79 Å². The predicted molar refractivity (Wildman–Crippen MR) is 132 cm³/mol. The predicted octanol–water partition coefficient (Wildman–Crippen LogP) is 5.18. The molecule has 9 heteroatoms. The van der Waals surface area contributed by atoms with Crippen LogP contribution in [0.15, 0.2) is 71.6 Å². The van der Waals surface area contributed by atoms with Crippen molar-refractivity contribution < 1.29 is 17.9 Å². The summed E-state index contributed by atoms with van der Waals surface area (Å²) < 4.78 is 33.7. The van der Waals surface area contributed by atoms with Crippen molar-refractivity contribution in [1.82, 2.24) is 4.31 Å². The quantitative estimate of drug-likeness (QED) is 0.433. The number of nitrogens with zero attached hydrogens (tertiary/aromatic N) is 1. The first-order chi connectivity index (χ1) is 15.7. The van der Waals surface area contributed by atoms with E-state index in [2.05, 4.69) is 5.32 Å². The van der Waals surface area contributed by atoms with Crippen LogP contribution in [0.3, 0.4) is 0 Å². The molecule has 0 unspecified atom stereocenters. The lowest BCUT2D eigenvalue weighted by Gasteiger charge is -2.23. The Bertz CT molecular complexity index is 1230. The van der Waals surface area contributed by atoms with Crippen molar-refractivity contribution in [2.45, 2.75) is 18.2 Å². The summed E-state index contributed by atoms with van der Waals surface area (Å²) in [4.78, 5) is 12.8. The number of carbonyl (C=O) groups is 1. The lowest BCUT2D eigenvalue weighted by Crippen LogP contribution is -2.39. The normalized spacial score (nSPS) is 11.4. The van der Waals surface area contributed by atoms with Crippen LogP contribution in [0.1, 0.15) is 11.1 Å². The fourth-order valence-electron chi connectivity index (χ4n) is 3.25. The van der Waals surface area contributed by atoms with Gasteiger partial charge in [-0.15, -0.1) is 0 Å². The average Bonchev–Trinajstić information content (AvgIpc) is 2.79. The molecular weight excluding hydrogens is 483 g/mol. The summed E-state index contributed by atoms with van der Waals surface area (Å²) in [6, 6.07) is 19.0. The number of ether oxygens (including phenoxy) is 1. The Morgan fingerprint density at radius 3 is 2.42 bits per heavy atom. The fourth-order valence-corrected chi connectivity index (χ4v) is 5.34. The second-order valence-corrected chi connectivity index (χ2v) is 10.2. The summed E-state index contributed by atoms with van der Waals surface area (Å²) in [5.41, 5.74) is 2.06. The molecule has 0 atom stereocenters. The molecule has 33 heavy (non-hydrogen) atoms. The summed E-state index contributed by atoms with van der Waals surface area (Å²) in [7, 11) is -2.64. The van der Waals surface area contributed by atoms with Crippen molar-refractivity contribution in [1.29, 1.82) is 0 Å². The van der Waals surface area contributed by atoms with Crippen molar-refractivity contribution in [2.24, 2.45) is 0 Å². The van der Waals surface area contributed by atoms with Crippen LogP contribution in [0.2, 0.25) is 10.0 Å². The molecule has 0 aromatic heterocycles. The van der Waals surface area contributed by atoms with E-state index in [9.17, 15) is 13.2 Å². The molecule has 0 aliphatic heterocycles. The minimum atomic E-state index is -4.05. The topological polar surface area (TPSA) is 75.7 Å². The number of aryl methyl sites for hydroxylation is 1. The van der Waals surface area contributed by atoms with E-state index in [4.69, 9.17) is 27.9 Å². The molecule has 0 radical (unpaired) electrons. The van der Waals surface area contributed by atoms with Crippen molar-refractivity contribution in [3.05, 3.63) is 87.9 Å². The van der Waals surface area contributed by atoms with Crippen LogP contribution in [-0.4, -0.2) is 38.8 Å². The van der Waals surface area contributed by atoms with Gasteiger partial charge in [0.05, 0.1) is 24.4 Å². The monoisotopic (exact) mass is 506 g/mol. The number of anilines is 1. The van der Waals surface area contributed by atoms with Crippen LogP contribution in [0, 0.1) is 6.92 Å². The van der Waals surface area contributed by atoms with Crippen LogP contribution >= 0.6 is 23.2 Å². The average molecular weight is 507 g/mol. The molecule has 0 bridgehead atoms. The highest BCUT2D eigenvalue weighted by Crippen LogP contribution is 2.29. The smallest absolute Gasteiger partial charge is 0.247 e. The van der Waals surface area contributed by atoms with E-state index in [0.717, 1.165) is 15.4 Å². The van der Waals surface area contributed by atoms with Gasteiger partial charge in [0.25, 0.3) is 0 Å². The summed E-state index contributed by atoms with van der Waals surface area (Å²) in [5, 5.41) is 3.35. The van der Waals surface area contributed by atoms with Gasteiger partial charge in [0.15, 0.2) is 0 Å². The maximum Gasteiger partial charge on any atom is 0.247 e. The van der Waals surface area contributed by atoms with E-state index in [1.807, 2.05) is 30.3 Å². The van der Waals surface area contributed by atoms with Gasteiger partial charge < -0.3 is 10.1 Å². The number of rotatable bonds is 9. The Hall–Kier alpha value is -2.58. The zero-order valence-corrected chi connectivity index (χ0v) is 20.5. The number of sulfonamides is 1. The molecular formula is C24H24Cl2N2O4S. The molecule has 0 aliphatic carbocycles. The lowest BCUT2D eigenvalue weighted by atomic mass is 10.1. The van der Waals surface area contributed by atoms with Gasteiger partial charge in [-0.25, -0.2) is 8.42 Å². The van der Waals surface area contributed by atoms with Gasteiger partial charge in [0.2, 0.25) is 15.9 Å².